The largest absolute Gasteiger partial charge is 0.493 e. The van der Waals surface area contributed by atoms with E-state index in [0.29, 0.717) is 6.61 Å². The number of rotatable bonds is 7. The first-order chi connectivity index (χ1) is 14.6. The lowest BCUT2D eigenvalue weighted by Gasteiger charge is -2.25. The second kappa shape index (κ2) is 9.65. The number of hydrogen-bond acceptors (Lipinski definition) is 5. The highest BCUT2D eigenvalue weighted by molar-refractivity contribution is 7.15. The molecule has 1 aliphatic heterocycles. The van der Waals surface area contributed by atoms with Crippen molar-refractivity contribution >= 4 is 28.0 Å². The van der Waals surface area contributed by atoms with Gasteiger partial charge in [0.25, 0.3) is 0 Å². The SMILES string of the molecule is Cc1sc(N2CCCCC2)nc1CCOc1cccc2c1CCC/C2=C/CC(=O)O. The van der Waals surface area contributed by atoms with Gasteiger partial charge in [-0.3, -0.25) is 4.79 Å². The summed E-state index contributed by atoms with van der Waals surface area (Å²) in [4.78, 5) is 19.6. The van der Waals surface area contributed by atoms with Crippen LogP contribution in [-0.2, 0) is 17.6 Å². The zero-order valence-electron chi connectivity index (χ0n) is 17.7. The molecule has 0 spiro atoms. The number of ether oxygens (including phenoxy) is 1. The van der Waals surface area contributed by atoms with Crippen LogP contribution in [0.15, 0.2) is 24.3 Å². The zero-order chi connectivity index (χ0) is 20.9. The van der Waals surface area contributed by atoms with Crippen molar-refractivity contribution in [3.05, 3.63) is 46.0 Å². The monoisotopic (exact) mass is 426 g/mol. The lowest BCUT2D eigenvalue weighted by molar-refractivity contribution is -0.135. The Labute approximate surface area is 182 Å². The quantitative estimate of drug-likeness (QED) is 0.654. The molecule has 1 aliphatic carbocycles. The lowest BCUT2D eigenvalue weighted by atomic mass is 9.86. The molecule has 0 bridgehead atoms. The standard InChI is InChI=1S/C24H30N2O3S/c1-17-21(25-24(30-17)26-14-3-2-4-15-26)13-16-29-22-10-6-8-19-18(11-12-23(27)28)7-5-9-20(19)22/h6,8,10-11H,2-5,7,9,12-16H2,1H3,(H,27,28)/b18-11-. The van der Waals surface area contributed by atoms with Crippen LogP contribution in [0.4, 0.5) is 5.13 Å². The van der Waals surface area contributed by atoms with Gasteiger partial charge in [-0.15, -0.1) is 11.3 Å². The van der Waals surface area contributed by atoms with E-state index in [1.807, 2.05) is 18.2 Å². The topological polar surface area (TPSA) is 62.7 Å². The van der Waals surface area contributed by atoms with Gasteiger partial charge in [0.2, 0.25) is 0 Å². The van der Waals surface area contributed by atoms with Crippen molar-refractivity contribution in [1.29, 1.82) is 0 Å². The zero-order valence-corrected chi connectivity index (χ0v) is 18.5. The molecule has 2 heterocycles. The molecular weight excluding hydrogens is 396 g/mol. The molecule has 1 N–H and O–H groups in total. The van der Waals surface area contributed by atoms with Crippen LogP contribution in [0.1, 0.15) is 60.2 Å². The van der Waals surface area contributed by atoms with Crippen LogP contribution in [0.5, 0.6) is 5.75 Å². The summed E-state index contributed by atoms with van der Waals surface area (Å²) in [7, 11) is 0. The third kappa shape index (κ3) is 4.86. The molecule has 1 aromatic heterocycles. The predicted molar refractivity (Wildman–Crippen MR) is 122 cm³/mol. The molecule has 1 saturated heterocycles. The van der Waals surface area contributed by atoms with Crippen LogP contribution in [0.3, 0.4) is 0 Å². The van der Waals surface area contributed by atoms with Gasteiger partial charge in [0.1, 0.15) is 5.75 Å². The molecule has 1 fully saturated rings. The number of nitrogens with zero attached hydrogens (tertiary/aromatic N) is 2. The molecule has 5 nitrogen and oxygen atoms in total. The summed E-state index contributed by atoms with van der Waals surface area (Å²) in [6.45, 7) is 5.01. The summed E-state index contributed by atoms with van der Waals surface area (Å²) in [5, 5.41) is 10.2. The molecule has 160 valence electrons. The number of piperidine rings is 1. The fourth-order valence-corrected chi connectivity index (χ4v) is 5.40. The number of hydrogen-bond donors (Lipinski definition) is 1. The van der Waals surface area contributed by atoms with Crippen molar-refractivity contribution in [2.45, 2.75) is 58.3 Å². The Morgan fingerprint density at radius 2 is 2.07 bits per heavy atom. The number of aryl methyl sites for hydroxylation is 1. The lowest BCUT2D eigenvalue weighted by Crippen LogP contribution is -2.29. The number of carboxylic acid groups (broad SMARTS) is 1. The Kier molecular flexibility index (Phi) is 6.72. The van der Waals surface area contributed by atoms with E-state index in [0.717, 1.165) is 66.5 Å². The summed E-state index contributed by atoms with van der Waals surface area (Å²) < 4.78 is 6.20. The van der Waals surface area contributed by atoms with Gasteiger partial charge in [-0.05, 0) is 62.7 Å². The van der Waals surface area contributed by atoms with Crippen molar-refractivity contribution in [1.82, 2.24) is 4.98 Å². The number of carbonyl (C=O) groups is 1. The summed E-state index contributed by atoms with van der Waals surface area (Å²) in [5.41, 5.74) is 4.64. The number of aromatic nitrogens is 1. The number of fused-ring (bicyclic) bond motifs is 1. The molecule has 0 radical (unpaired) electrons. The Morgan fingerprint density at radius 3 is 2.87 bits per heavy atom. The molecule has 0 atom stereocenters. The van der Waals surface area contributed by atoms with Crippen molar-refractivity contribution in [2.24, 2.45) is 0 Å². The highest BCUT2D eigenvalue weighted by atomic mass is 32.1. The number of anilines is 1. The van der Waals surface area contributed by atoms with E-state index < -0.39 is 5.97 Å². The van der Waals surface area contributed by atoms with Crippen LogP contribution in [0, 0.1) is 6.92 Å². The fourth-order valence-electron chi connectivity index (χ4n) is 4.40. The second-order valence-corrected chi connectivity index (χ2v) is 9.29. The van der Waals surface area contributed by atoms with Gasteiger partial charge >= 0.3 is 5.97 Å². The predicted octanol–water partition coefficient (Wildman–Crippen LogP) is 5.26. The maximum Gasteiger partial charge on any atom is 0.307 e. The first-order valence-electron chi connectivity index (χ1n) is 11.0. The fraction of sp³-hybridized carbons (Fsp3) is 0.500. The molecular formula is C24H30N2O3S. The summed E-state index contributed by atoms with van der Waals surface area (Å²) >= 11 is 1.80. The molecule has 2 aromatic rings. The van der Waals surface area contributed by atoms with Crippen LogP contribution < -0.4 is 9.64 Å². The van der Waals surface area contributed by atoms with Gasteiger partial charge in [0.05, 0.1) is 18.7 Å². The average Bonchev–Trinajstić information content (AvgIpc) is 3.13. The molecule has 2 aliphatic rings. The Morgan fingerprint density at radius 1 is 1.23 bits per heavy atom. The van der Waals surface area contributed by atoms with Crippen molar-refractivity contribution in [2.75, 3.05) is 24.6 Å². The van der Waals surface area contributed by atoms with Gasteiger partial charge in [-0.2, -0.15) is 0 Å². The maximum absolute atomic E-state index is 10.9. The van der Waals surface area contributed by atoms with E-state index in [4.69, 9.17) is 14.8 Å². The molecule has 4 rings (SSSR count). The third-order valence-electron chi connectivity index (χ3n) is 5.98. The molecule has 6 heteroatoms. The normalized spacial score (nSPS) is 17.8. The summed E-state index contributed by atoms with van der Waals surface area (Å²) in [6, 6.07) is 6.13. The van der Waals surface area contributed by atoms with E-state index in [1.165, 1.54) is 29.7 Å². The van der Waals surface area contributed by atoms with E-state index in [1.54, 1.807) is 11.3 Å². The van der Waals surface area contributed by atoms with E-state index in [9.17, 15) is 4.79 Å². The number of aliphatic carboxylic acids is 1. The molecule has 30 heavy (non-hydrogen) atoms. The minimum atomic E-state index is -0.787. The van der Waals surface area contributed by atoms with Crippen LogP contribution in [0.25, 0.3) is 5.57 Å². The number of thiazole rings is 1. The summed E-state index contributed by atoms with van der Waals surface area (Å²) in [6.07, 6.45) is 9.53. The molecule has 0 unspecified atom stereocenters. The van der Waals surface area contributed by atoms with Gasteiger partial charge in [-0.1, -0.05) is 18.2 Å². The third-order valence-corrected chi connectivity index (χ3v) is 7.05. The Balaban J connectivity index is 1.41. The van der Waals surface area contributed by atoms with Crippen LogP contribution in [0.2, 0.25) is 0 Å². The number of benzene rings is 1. The molecule has 0 amide bonds. The van der Waals surface area contributed by atoms with Crippen molar-refractivity contribution in [3.63, 3.8) is 0 Å². The van der Waals surface area contributed by atoms with Gasteiger partial charge in [-0.25, -0.2) is 4.98 Å². The van der Waals surface area contributed by atoms with Gasteiger partial charge in [0, 0.05) is 30.0 Å². The minimum absolute atomic E-state index is 0.0717. The Bertz CT molecular complexity index is 929. The smallest absolute Gasteiger partial charge is 0.307 e. The maximum atomic E-state index is 10.9. The van der Waals surface area contributed by atoms with Crippen molar-refractivity contribution in [3.8, 4) is 5.75 Å². The van der Waals surface area contributed by atoms with Crippen molar-refractivity contribution < 1.29 is 14.6 Å². The minimum Gasteiger partial charge on any atom is -0.493 e. The molecule has 0 saturated carbocycles. The van der Waals surface area contributed by atoms with Crippen LogP contribution in [-0.4, -0.2) is 35.8 Å². The van der Waals surface area contributed by atoms with Gasteiger partial charge in [0.15, 0.2) is 5.13 Å². The summed E-state index contributed by atoms with van der Waals surface area (Å²) in [5.74, 6) is 0.141. The number of allylic oxidation sites excluding steroid dienone is 1. The van der Waals surface area contributed by atoms with E-state index in [-0.39, 0.29) is 6.42 Å². The van der Waals surface area contributed by atoms with E-state index in [2.05, 4.69) is 17.9 Å². The van der Waals surface area contributed by atoms with E-state index >= 15 is 0 Å². The van der Waals surface area contributed by atoms with Gasteiger partial charge < -0.3 is 14.7 Å². The second-order valence-electron chi connectivity index (χ2n) is 8.11. The molecule has 1 aromatic carbocycles. The first-order valence-corrected chi connectivity index (χ1v) is 11.8. The first kappa shape index (κ1) is 20.9. The van der Waals surface area contributed by atoms with Crippen LogP contribution >= 0.6 is 11.3 Å². The highest BCUT2D eigenvalue weighted by Gasteiger charge is 2.19. The average molecular weight is 427 g/mol. The Hall–Kier alpha value is -2.34. The highest BCUT2D eigenvalue weighted by Crippen LogP contribution is 2.36. The number of carboxylic acids is 1.